The van der Waals surface area contributed by atoms with Crippen LogP contribution in [0.2, 0.25) is 5.02 Å². The molecule has 1 fully saturated rings. The molecular weight excluding hydrogens is 254 g/mol. The number of carbonyl (C=O) groups is 1. The maximum atomic E-state index is 12.0. The predicted octanol–water partition coefficient (Wildman–Crippen LogP) is 1.70. The Morgan fingerprint density at radius 3 is 2.72 bits per heavy atom. The van der Waals surface area contributed by atoms with Crippen molar-refractivity contribution in [1.82, 2.24) is 4.90 Å². The number of aliphatic hydroxyl groups is 1. The zero-order valence-corrected chi connectivity index (χ0v) is 10.9. The van der Waals surface area contributed by atoms with Crippen LogP contribution in [0, 0.1) is 0 Å². The zero-order chi connectivity index (χ0) is 13.1. The Hall–Kier alpha value is -1.26. The van der Waals surface area contributed by atoms with Gasteiger partial charge in [0.05, 0.1) is 6.10 Å². The monoisotopic (exact) mass is 269 g/mol. The molecule has 2 rings (SSSR count). The van der Waals surface area contributed by atoms with Crippen LogP contribution in [-0.2, 0) is 4.79 Å². The number of ether oxygens (including phenoxy) is 1. The molecule has 5 heteroatoms. The topological polar surface area (TPSA) is 49.8 Å². The molecule has 0 radical (unpaired) electrons. The molecule has 4 nitrogen and oxygen atoms in total. The minimum atomic E-state index is -0.559. The molecule has 0 saturated carbocycles. The highest BCUT2D eigenvalue weighted by molar-refractivity contribution is 6.30. The molecule has 1 aromatic carbocycles. The van der Waals surface area contributed by atoms with Gasteiger partial charge in [-0.1, -0.05) is 11.6 Å². The predicted molar refractivity (Wildman–Crippen MR) is 68.7 cm³/mol. The van der Waals surface area contributed by atoms with Gasteiger partial charge >= 0.3 is 0 Å². The highest BCUT2D eigenvalue weighted by Gasteiger charge is 2.28. The van der Waals surface area contributed by atoms with Gasteiger partial charge in [-0.25, -0.2) is 0 Å². The number of aliphatic hydroxyl groups excluding tert-OH is 1. The normalized spacial score (nSPS) is 20.8. The number of halogens is 1. The second-order valence-electron chi connectivity index (χ2n) is 4.44. The van der Waals surface area contributed by atoms with E-state index in [2.05, 4.69) is 0 Å². The van der Waals surface area contributed by atoms with Crippen molar-refractivity contribution < 1.29 is 14.6 Å². The summed E-state index contributed by atoms with van der Waals surface area (Å²) >= 11 is 5.77. The number of rotatable bonds is 3. The average molecular weight is 270 g/mol. The Morgan fingerprint density at radius 2 is 2.17 bits per heavy atom. The third kappa shape index (κ3) is 3.15. The first-order valence-corrected chi connectivity index (χ1v) is 6.33. The number of likely N-dealkylation sites (tertiary alicyclic amines) is 1. The third-order valence-electron chi connectivity index (χ3n) is 2.95. The van der Waals surface area contributed by atoms with Crippen LogP contribution >= 0.6 is 11.6 Å². The van der Waals surface area contributed by atoms with Crippen molar-refractivity contribution in [1.29, 1.82) is 0 Å². The van der Waals surface area contributed by atoms with Gasteiger partial charge in [-0.15, -0.1) is 0 Å². The summed E-state index contributed by atoms with van der Waals surface area (Å²) in [5.74, 6) is 0.515. The molecule has 1 aliphatic heterocycles. The van der Waals surface area contributed by atoms with E-state index in [1.807, 2.05) is 0 Å². The number of hydrogen-bond donors (Lipinski definition) is 1. The maximum absolute atomic E-state index is 12.0. The number of benzene rings is 1. The fourth-order valence-electron chi connectivity index (χ4n) is 1.97. The van der Waals surface area contributed by atoms with Gasteiger partial charge in [-0.2, -0.15) is 0 Å². The number of hydrogen-bond acceptors (Lipinski definition) is 3. The van der Waals surface area contributed by atoms with Crippen LogP contribution in [0.25, 0.3) is 0 Å². The fraction of sp³-hybridized carbons (Fsp3) is 0.462. The van der Waals surface area contributed by atoms with Crippen molar-refractivity contribution in [2.24, 2.45) is 0 Å². The van der Waals surface area contributed by atoms with Gasteiger partial charge in [-0.05, 0) is 37.6 Å². The summed E-state index contributed by atoms with van der Waals surface area (Å²) in [5, 5.41) is 10.0. The smallest absolute Gasteiger partial charge is 0.263 e. The SMILES string of the molecule is CC(Oc1ccc(Cl)cc1)C(=O)N1CCC(O)C1. The Kier molecular flexibility index (Phi) is 4.09. The van der Waals surface area contributed by atoms with Crippen LogP contribution in [0.5, 0.6) is 5.75 Å². The van der Waals surface area contributed by atoms with E-state index >= 15 is 0 Å². The van der Waals surface area contributed by atoms with Gasteiger partial charge in [0.15, 0.2) is 6.10 Å². The van der Waals surface area contributed by atoms with Gasteiger partial charge in [0.25, 0.3) is 5.91 Å². The van der Waals surface area contributed by atoms with Crippen LogP contribution < -0.4 is 4.74 Å². The average Bonchev–Trinajstić information content (AvgIpc) is 2.78. The van der Waals surface area contributed by atoms with E-state index in [0.29, 0.717) is 30.3 Å². The van der Waals surface area contributed by atoms with Crippen LogP contribution in [0.4, 0.5) is 0 Å². The molecule has 1 saturated heterocycles. The van der Waals surface area contributed by atoms with Crippen LogP contribution in [0.1, 0.15) is 13.3 Å². The van der Waals surface area contributed by atoms with Crippen LogP contribution in [0.3, 0.4) is 0 Å². The van der Waals surface area contributed by atoms with Gasteiger partial charge in [0, 0.05) is 18.1 Å². The molecule has 1 heterocycles. The summed E-state index contributed by atoms with van der Waals surface area (Å²) in [6.07, 6.45) is -0.326. The standard InChI is InChI=1S/C13H16ClNO3/c1-9(13(17)15-7-6-11(16)8-15)18-12-4-2-10(14)3-5-12/h2-5,9,11,16H,6-8H2,1H3. The zero-order valence-electron chi connectivity index (χ0n) is 10.2. The van der Waals surface area contributed by atoms with E-state index in [-0.39, 0.29) is 5.91 Å². The van der Waals surface area contributed by atoms with Crippen molar-refractivity contribution in [3.8, 4) is 5.75 Å². The second kappa shape index (κ2) is 5.59. The molecule has 0 spiro atoms. The lowest BCUT2D eigenvalue weighted by molar-refractivity contribution is -0.137. The Labute approximate surface area is 111 Å². The number of β-amino-alcohol motifs (C(OH)–C–C–N with tert-alkyl or cyclic N) is 1. The summed E-state index contributed by atoms with van der Waals surface area (Å²) in [6.45, 7) is 2.70. The van der Waals surface area contributed by atoms with Crippen molar-refractivity contribution in [2.75, 3.05) is 13.1 Å². The minimum Gasteiger partial charge on any atom is -0.481 e. The van der Waals surface area contributed by atoms with Crippen molar-refractivity contribution in [2.45, 2.75) is 25.6 Å². The lowest BCUT2D eigenvalue weighted by atomic mass is 10.3. The number of carbonyl (C=O) groups excluding carboxylic acids is 1. The lowest BCUT2D eigenvalue weighted by Gasteiger charge is -2.21. The van der Waals surface area contributed by atoms with Crippen LogP contribution in [0.15, 0.2) is 24.3 Å². The quantitative estimate of drug-likeness (QED) is 0.909. The first-order valence-electron chi connectivity index (χ1n) is 5.95. The Bertz CT molecular complexity index is 421. The summed E-state index contributed by atoms with van der Waals surface area (Å²) in [5.41, 5.74) is 0. The fourth-order valence-corrected chi connectivity index (χ4v) is 2.09. The molecule has 2 unspecified atom stereocenters. The first kappa shape index (κ1) is 13.2. The van der Waals surface area contributed by atoms with E-state index < -0.39 is 12.2 Å². The van der Waals surface area contributed by atoms with Crippen molar-refractivity contribution >= 4 is 17.5 Å². The van der Waals surface area contributed by atoms with Crippen molar-refractivity contribution in [3.05, 3.63) is 29.3 Å². The molecule has 1 N–H and O–H groups in total. The van der Waals surface area contributed by atoms with E-state index in [9.17, 15) is 9.90 Å². The Balaban J connectivity index is 1.93. The van der Waals surface area contributed by atoms with E-state index in [0.717, 1.165) is 0 Å². The maximum Gasteiger partial charge on any atom is 0.263 e. The molecular formula is C13H16ClNO3. The Morgan fingerprint density at radius 1 is 1.50 bits per heavy atom. The molecule has 0 aromatic heterocycles. The van der Waals surface area contributed by atoms with Crippen LogP contribution in [-0.4, -0.2) is 41.2 Å². The van der Waals surface area contributed by atoms with Crippen molar-refractivity contribution in [3.63, 3.8) is 0 Å². The highest BCUT2D eigenvalue weighted by Crippen LogP contribution is 2.18. The molecule has 2 atom stereocenters. The minimum absolute atomic E-state index is 0.0958. The summed E-state index contributed by atoms with van der Waals surface area (Å²) in [4.78, 5) is 13.7. The lowest BCUT2D eigenvalue weighted by Crippen LogP contribution is -2.39. The molecule has 98 valence electrons. The van der Waals surface area contributed by atoms with E-state index in [1.165, 1.54) is 0 Å². The molecule has 1 aromatic rings. The van der Waals surface area contributed by atoms with E-state index in [4.69, 9.17) is 16.3 Å². The second-order valence-corrected chi connectivity index (χ2v) is 4.88. The number of amides is 1. The molecule has 0 bridgehead atoms. The summed E-state index contributed by atoms with van der Waals surface area (Å²) in [6, 6.07) is 6.89. The molecule has 18 heavy (non-hydrogen) atoms. The summed E-state index contributed by atoms with van der Waals surface area (Å²) < 4.78 is 5.55. The van der Waals surface area contributed by atoms with Gasteiger partial charge < -0.3 is 14.7 Å². The largest absolute Gasteiger partial charge is 0.481 e. The van der Waals surface area contributed by atoms with Gasteiger partial charge in [0.2, 0.25) is 0 Å². The van der Waals surface area contributed by atoms with Gasteiger partial charge in [0.1, 0.15) is 5.75 Å². The van der Waals surface area contributed by atoms with E-state index in [1.54, 1.807) is 36.1 Å². The highest BCUT2D eigenvalue weighted by atomic mass is 35.5. The molecule has 1 amide bonds. The van der Waals surface area contributed by atoms with Gasteiger partial charge in [-0.3, -0.25) is 4.79 Å². The first-order chi connectivity index (χ1) is 8.56. The third-order valence-corrected chi connectivity index (χ3v) is 3.20. The number of nitrogens with zero attached hydrogens (tertiary/aromatic N) is 1. The summed E-state index contributed by atoms with van der Waals surface area (Å²) in [7, 11) is 0. The molecule has 0 aliphatic carbocycles. The molecule has 1 aliphatic rings.